The predicted octanol–water partition coefficient (Wildman–Crippen LogP) is 1.26. The lowest BCUT2D eigenvalue weighted by atomic mass is 10.3. The van der Waals surface area contributed by atoms with E-state index in [4.69, 9.17) is 10.8 Å². The van der Waals surface area contributed by atoms with Gasteiger partial charge in [0.15, 0.2) is 11.6 Å². The molecule has 1 aromatic heterocycles. The Bertz CT molecular complexity index is 392. The molecule has 1 heterocycles. The number of anilines is 1. The average Bonchev–Trinajstić information content (AvgIpc) is 2.06. The van der Waals surface area contributed by atoms with Crippen molar-refractivity contribution >= 4 is 11.8 Å². The monoisotopic (exact) mass is 222 g/mol. The molecule has 0 aliphatic carbocycles. The molecule has 0 radical (unpaired) electrons. The Morgan fingerprint density at radius 1 is 1.53 bits per heavy atom. The van der Waals surface area contributed by atoms with E-state index in [2.05, 4.69) is 9.72 Å². The van der Waals surface area contributed by atoms with Crippen LogP contribution < -0.4 is 10.5 Å². The zero-order valence-electron chi connectivity index (χ0n) is 7.08. The number of hydrogen-bond acceptors (Lipinski definition) is 4. The van der Waals surface area contributed by atoms with Crippen molar-refractivity contribution in [2.24, 2.45) is 0 Å². The molecule has 15 heavy (non-hydrogen) atoms. The highest BCUT2D eigenvalue weighted by molar-refractivity contribution is 5.88. The van der Waals surface area contributed by atoms with Crippen molar-refractivity contribution < 1.29 is 27.8 Å². The molecule has 82 valence electrons. The summed E-state index contributed by atoms with van der Waals surface area (Å²) >= 11 is 0. The first-order valence-corrected chi connectivity index (χ1v) is 3.54. The number of carboxylic acids is 1. The summed E-state index contributed by atoms with van der Waals surface area (Å²) in [6, 6.07) is 0.651. The van der Waals surface area contributed by atoms with Crippen LogP contribution in [0.2, 0.25) is 0 Å². The van der Waals surface area contributed by atoms with E-state index < -0.39 is 29.5 Å². The van der Waals surface area contributed by atoms with Gasteiger partial charge in [-0.15, -0.1) is 13.2 Å². The molecule has 0 saturated heterocycles. The van der Waals surface area contributed by atoms with Gasteiger partial charge >= 0.3 is 12.3 Å². The van der Waals surface area contributed by atoms with Crippen LogP contribution in [-0.2, 0) is 0 Å². The molecule has 5 nitrogen and oxygen atoms in total. The fourth-order valence-corrected chi connectivity index (χ4v) is 0.779. The van der Waals surface area contributed by atoms with Crippen LogP contribution in [0.5, 0.6) is 5.75 Å². The topological polar surface area (TPSA) is 85.4 Å². The van der Waals surface area contributed by atoms with Crippen LogP contribution in [0.15, 0.2) is 12.3 Å². The molecule has 0 saturated carbocycles. The first-order valence-electron chi connectivity index (χ1n) is 3.54. The highest BCUT2D eigenvalue weighted by Gasteiger charge is 2.32. The van der Waals surface area contributed by atoms with Gasteiger partial charge in [-0.1, -0.05) is 0 Å². The van der Waals surface area contributed by atoms with E-state index in [9.17, 15) is 18.0 Å². The molecule has 0 bridgehead atoms. The number of nitrogens with zero attached hydrogens (tertiary/aromatic N) is 1. The Labute approximate surface area is 81.3 Å². The average molecular weight is 222 g/mol. The number of hydrogen-bond donors (Lipinski definition) is 2. The third-order valence-electron chi connectivity index (χ3n) is 1.35. The maximum absolute atomic E-state index is 11.8. The SMILES string of the molecule is Nc1ncc(C(=O)O)cc1OC(F)(F)F. The van der Waals surface area contributed by atoms with Crippen molar-refractivity contribution in [2.45, 2.75) is 6.36 Å². The van der Waals surface area contributed by atoms with Gasteiger partial charge in [0.05, 0.1) is 5.56 Å². The number of halogens is 3. The third-order valence-corrected chi connectivity index (χ3v) is 1.35. The summed E-state index contributed by atoms with van der Waals surface area (Å²) in [5, 5.41) is 8.48. The zero-order valence-corrected chi connectivity index (χ0v) is 7.08. The second-order valence-electron chi connectivity index (χ2n) is 2.46. The smallest absolute Gasteiger partial charge is 0.478 e. The fourth-order valence-electron chi connectivity index (χ4n) is 0.779. The Morgan fingerprint density at radius 3 is 2.60 bits per heavy atom. The molecule has 1 aromatic rings. The van der Waals surface area contributed by atoms with Crippen molar-refractivity contribution in [3.05, 3.63) is 17.8 Å². The first kappa shape index (κ1) is 11.1. The molecule has 8 heteroatoms. The maximum Gasteiger partial charge on any atom is 0.573 e. The van der Waals surface area contributed by atoms with E-state index >= 15 is 0 Å². The van der Waals surface area contributed by atoms with Crippen molar-refractivity contribution in [1.29, 1.82) is 0 Å². The summed E-state index contributed by atoms with van der Waals surface area (Å²) in [5.41, 5.74) is 4.63. The minimum Gasteiger partial charge on any atom is -0.478 e. The van der Waals surface area contributed by atoms with E-state index in [0.717, 1.165) is 6.20 Å². The number of rotatable bonds is 2. The summed E-state index contributed by atoms with van der Waals surface area (Å²) in [4.78, 5) is 13.7. The quantitative estimate of drug-likeness (QED) is 0.786. The van der Waals surface area contributed by atoms with Crippen LogP contribution in [0.4, 0.5) is 19.0 Å². The normalized spacial score (nSPS) is 11.1. The van der Waals surface area contributed by atoms with Gasteiger partial charge in [-0.3, -0.25) is 0 Å². The molecule has 0 fully saturated rings. The lowest BCUT2D eigenvalue weighted by molar-refractivity contribution is -0.274. The second kappa shape index (κ2) is 3.64. The molecule has 0 atom stereocenters. The van der Waals surface area contributed by atoms with Crippen LogP contribution in [0.1, 0.15) is 10.4 Å². The highest BCUT2D eigenvalue weighted by atomic mass is 19.4. The largest absolute Gasteiger partial charge is 0.573 e. The number of aromatic nitrogens is 1. The minimum atomic E-state index is -4.94. The molecule has 3 N–H and O–H groups in total. The van der Waals surface area contributed by atoms with Gasteiger partial charge in [-0.05, 0) is 0 Å². The second-order valence-corrected chi connectivity index (χ2v) is 2.46. The Balaban J connectivity index is 3.06. The standard InChI is InChI=1S/C7H5F3N2O3/c8-7(9,10)15-4-1-3(6(13)14)2-12-5(4)11/h1-2H,(H2,11,12)(H,13,14). The molecule has 0 spiro atoms. The third kappa shape index (κ3) is 3.01. The number of aromatic carboxylic acids is 1. The van der Waals surface area contributed by atoms with Gasteiger partial charge in [0, 0.05) is 12.3 Å². The summed E-state index contributed by atoms with van der Waals surface area (Å²) in [5.74, 6) is -2.78. The molecule has 0 aliphatic heterocycles. The number of carboxylic acid groups (broad SMARTS) is 1. The van der Waals surface area contributed by atoms with E-state index in [1.807, 2.05) is 0 Å². The van der Waals surface area contributed by atoms with Crippen molar-refractivity contribution in [3.63, 3.8) is 0 Å². The van der Waals surface area contributed by atoms with E-state index in [0.29, 0.717) is 6.07 Å². The fraction of sp³-hybridized carbons (Fsp3) is 0.143. The summed E-state index contributed by atoms with van der Waals surface area (Å²) in [6.45, 7) is 0. The number of pyridine rings is 1. The van der Waals surface area contributed by atoms with E-state index in [1.165, 1.54) is 0 Å². The Hall–Kier alpha value is -1.99. The Kier molecular flexibility index (Phi) is 2.69. The van der Waals surface area contributed by atoms with E-state index in [1.54, 1.807) is 0 Å². The number of nitrogen functional groups attached to an aromatic ring is 1. The molecule has 0 unspecified atom stereocenters. The highest BCUT2D eigenvalue weighted by Crippen LogP contribution is 2.27. The van der Waals surface area contributed by atoms with Gasteiger partial charge in [0.1, 0.15) is 0 Å². The van der Waals surface area contributed by atoms with Crippen molar-refractivity contribution in [1.82, 2.24) is 4.98 Å². The lowest BCUT2D eigenvalue weighted by Gasteiger charge is -2.10. The van der Waals surface area contributed by atoms with Crippen LogP contribution >= 0.6 is 0 Å². The van der Waals surface area contributed by atoms with Gasteiger partial charge in [0.2, 0.25) is 0 Å². The summed E-state index contributed by atoms with van der Waals surface area (Å²) in [7, 11) is 0. The molecule has 0 aliphatic rings. The number of carbonyl (C=O) groups is 1. The molecule has 0 aromatic carbocycles. The van der Waals surface area contributed by atoms with Crippen LogP contribution in [0, 0.1) is 0 Å². The minimum absolute atomic E-state index is 0.441. The molecular formula is C7H5F3N2O3. The van der Waals surface area contributed by atoms with Gasteiger partial charge in [-0.2, -0.15) is 0 Å². The molecule has 0 amide bonds. The van der Waals surface area contributed by atoms with Gasteiger partial charge in [-0.25, -0.2) is 9.78 Å². The van der Waals surface area contributed by atoms with Crippen molar-refractivity contribution in [2.75, 3.05) is 5.73 Å². The van der Waals surface area contributed by atoms with E-state index in [-0.39, 0.29) is 0 Å². The van der Waals surface area contributed by atoms with Crippen LogP contribution in [-0.4, -0.2) is 22.4 Å². The Morgan fingerprint density at radius 2 is 2.13 bits per heavy atom. The first-order chi connectivity index (χ1) is 6.79. The molecule has 1 rings (SSSR count). The van der Waals surface area contributed by atoms with Gasteiger partial charge < -0.3 is 15.6 Å². The van der Waals surface area contributed by atoms with Gasteiger partial charge in [0.25, 0.3) is 0 Å². The van der Waals surface area contributed by atoms with Crippen molar-refractivity contribution in [3.8, 4) is 5.75 Å². The van der Waals surface area contributed by atoms with Crippen LogP contribution in [0.3, 0.4) is 0 Å². The number of alkyl halides is 3. The number of ether oxygens (including phenoxy) is 1. The predicted molar refractivity (Wildman–Crippen MR) is 42.3 cm³/mol. The molecular weight excluding hydrogens is 217 g/mol. The lowest BCUT2D eigenvalue weighted by Crippen LogP contribution is -2.18. The zero-order chi connectivity index (χ0) is 11.6. The number of nitrogens with two attached hydrogens (primary N) is 1. The maximum atomic E-state index is 11.8. The summed E-state index contributed by atoms with van der Waals surface area (Å²) < 4.78 is 38.9. The summed E-state index contributed by atoms with van der Waals surface area (Å²) in [6.07, 6.45) is -4.10. The van der Waals surface area contributed by atoms with Crippen LogP contribution in [0.25, 0.3) is 0 Å².